The molecule has 0 saturated heterocycles. The van der Waals surface area contributed by atoms with Gasteiger partial charge in [-0.15, -0.1) is 0 Å². The van der Waals surface area contributed by atoms with Crippen LogP contribution in [0.25, 0.3) is 21.7 Å². The van der Waals surface area contributed by atoms with Gasteiger partial charge in [0.25, 0.3) is 0 Å². The van der Waals surface area contributed by atoms with Crippen LogP contribution in [0.4, 0.5) is 11.4 Å². The molecule has 44 heavy (non-hydrogen) atoms. The summed E-state index contributed by atoms with van der Waals surface area (Å²) in [6.07, 6.45) is 2.24. The van der Waals surface area contributed by atoms with E-state index in [1.165, 1.54) is 4.90 Å². The van der Waals surface area contributed by atoms with E-state index in [1.807, 2.05) is 37.3 Å². The molecule has 0 saturated carbocycles. The van der Waals surface area contributed by atoms with Crippen molar-refractivity contribution in [3.63, 3.8) is 0 Å². The highest BCUT2D eigenvalue weighted by Crippen LogP contribution is 2.38. The van der Waals surface area contributed by atoms with Crippen LogP contribution >= 0.6 is 0 Å². The van der Waals surface area contributed by atoms with E-state index in [0.29, 0.717) is 31.9 Å². The van der Waals surface area contributed by atoms with Crippen LogP contribution in [-0.2, 0) is 22.5 Å². The number of nitrogens with zero attached hydrogens (tertiary/aromatic N) is 3. The molecule has 4 aromatic carbocycles. The number of hydrogen-bond donors (Lipinski definition) is 0. The van der Waals surface area contributed by atoms with Crippen LogP contribution in [0, 0.1) is 0 Å². The second-order valence-electron chi connectivity index (χ2n) is 10.5. The molecule has 5 aromatic rings. The molecule has 0 radical (unpaired) electrons. The lowest BCUT2D eigenvalue weighted by molar-refractivity contribution is -0.115. The van der Waals surface area contributed by atoms with Gasteiger partial charge in [-0.2, -0.15) is 0 Å². The van der Waals surface area contributed by atoms with Gasteiger partial charge >= 0.3 is 5.97 Å². The number of aryl methyl sites for hydroxylation is 2. The minimum atomic E-state index is -0.269. The number of esters is 1. The first-order valence-corrected chi connectivity index (χ1v) is 15.3. The highest BCUT2D eigenvalue weighted by molar-refractivity contribution is 6.04. The summed E-state index contributed by atoms with van der Waals surface area (Å²) in [7, 11) is 3.38. The Morgan fingerprint density at radius 1 is 0.841 bits per heavy atom. The van der Waals surface area contributed by atoms with E-state index in [4.69, 9.17) is 9.47 Å². The van der Waals surface area contributed by atoms with Crippen molar-refractivity contribution in [2.75, 3.05) is 38.8 Å². The first kappa shape index (κ1) is 32.1. The molecule has 0 spiro atoms. The van der Waals surface area contributed by atoms with E-state index in [-0.39, 0.29) is 5.97 Å². The van der Waals surface area contributed by atoms with E-state index in [2.05, 4.69) is 84.0 Å². The molecule has 7 heteroatoms. The second-order valence-corrected chi connectivity index (χ2v) is 10.5. The first-order valence-electron chi connectivity index (χ1n) is 15.3. The van der Waals surface area contributed by atoms with Gasteiger partial charge in [0.2, 0.25) is 6.41 Å². The topological polar surface area (TPSA) is 64.0 Å². The van der Waals surface area contributed by atoms with Gasteiger partial charge in [-0.25, -0.2) is 4.79 Å². The summed E-state index contributed by atoms with van der Waals surface area (Å²) in [6.45, 7) is 8.47. The van der Waals surface area contributed by atoms with Gasteiger partial charge in [0, 0.05) is 43.6 Å². The zero-order chi connectivity index (χ0) is 31.5. The van der Waals surface area contributed by atoms with Crippen LogP contribution in [0.1, 0.15) is 43.2 Å². The van der Waals surface area contributed by atoms with Crippen molar-refractivity contribution in [3.8, 4) is 5.75 Å². The Morgan fingerprint density at radius 3 is 2.18 bits per heavy atom. The van der Waals surface area contributed by atoms with Crippen LogP contribution in [0.5, 0.6) is 5.75 Å². The Labute approximate surface area is 260 Å². The maximum Gasteiger partial charge on any atom is 0.355 e. The van der Waals surface area contributed by atoms with Gasteiger partial charge in [-0.1, -0.05) is 66.7 Å². The third-order valence-electron chi connectivity index (χ3n) is 7.41. The molecule has 0 bridgehead atoms. The monoisotopic (exact) mass is 593 g/mol. The smallest absolute Gasteiger partial charge is 0.355 e. The van der Waals surface area contributed by atoms with Gasteiger partial charge in [0.15, 0.2) is 0 Å². The number of fused-ring (bicyclic) bond motifs is 2. The number of para-hydroxylation sites is 2. The standard InChI is InChI=1S/C34H36N2O3.C3H7NO/c1-4-35(26-17-8-7-9-18-26)30-22-13-20-28-29(33(34(37)38-6-3)36(5-2)32(28)30)21-14-24-39-31-23-12-16-25-15-10-11-19-27(25)31;1-4(2)3-5/h7-13,15-20,22-23H,4-6,14,21,24H2,1-3H3;3H,1-2H3. The largest absolute Gasteiger partial charge is 0.493 e. The van der Waals surface area contributed by atoms with E-state index >= 15 is 0 Å². The number of rotatable bonds is 12. The molecule has 1 aromatic heterocycles. The lowest BCUT2D eigenvalue weighted by Gasteiger charge is -2.25. The molecule has 0 N–H and O–H groups in total. The maximum atomic E-state index is 13.3. The van der Waals surface area contributed by atoms with E-state index in [9.17, 15) is 9.59 Å². The molecule has 7 nitrogen and oxygen atoms in total. The molecular weight excluding hydrogens is 550 g/mol. The van der Waals surface area contributed by atoms with Crippen LogP contribution < -0.4 is 9.64 Å². The Morgan fingerprint density at radius 2 is 1.50 bits per heavy atom. The number of hydrogen-bond acceptors (Lipinski definition) is 5. The van der Waals surface area contributed by atoms with E-state index in [0.717, 1.165) is 63.7 Å². The normalized spacial score (nSPS) is 10.7. The van der Waals surface area contributed by atoms with Crippen molar-refractivity contribution in [2.24, 2.45) is 0 Å². The maximum absolute atomic E-state index is 13.3. The summed E-state index contributed by atoms with van der Waals surface area (Å²) >= 11 is 0. The van der Waals surface area contributed by atoms with Crippen molar-refractivity contribution in [2.45, 2.75) is 40.2 Å². The fraction of sp³-hybridized carbons (Fsp3) is 0.297. The summed E-state index contributed by atoms with van der Waals surface area (Å²) in [4.78, 5) is 26.5. The molecule has 5 rings (SSSR count). The van der Waals surface area contributed by atoms with Crippen LogP contribution in [0.15, 0.2) is 91.0 Å². The Bertz CT molecular complexity index is 1670. The average Bonchev–Trinajstić information content (AvgIpc) is 3.38. The fourth-order valence-corrected chi connectivity index (χ4v) is 5.53. The molecule has 0 fully saturated rings. The summed E-state index contributed by atoms with van der Waals surface area (Å²) < 4.78 is 13.9. The van der Waals surface area contributed by atoms with Crippen molar-refractivity contribution < 1.29 is 19.1 Å². The molecule has 0 aliphatic carbocycles. The minimum absolute atomic E-state index is 0.269. The molecule has 0 aliphatic heterocycles. The molecule has 230 valence electrons. The minimum Gasteiger partial charge on any atom is -0.493 e. The number of carbonyl (C=O) groups excluding carboxylic acids is 2. The molecule has 0 aliphatic rings. The highest BCUT2D eigenvalue weighted by atomic mass is 16.5. The second kappa shape index (κ2) is 15.6. The van der Waals surface area contributed by atoms with Gasteiger partial charge in [-0.3, -0.25) is 4.79 Å². The predicted molar refractivity (Wildman–Crippen MR) is 180 cm³/mol. The van der Waals surface area contributed by atoms with Gasteiger partial charge in [-0.05, 0) is 68.8 Å². The fourth-order valence-electron chi connectivity index (χ4n) is 5.53. The van der Waals surface area contributed by atoms with Crippen LogP contribution in [0.2, 0.25) is 0 Å². The zero-order valence-electron chi connectivity index (χ0n) is 26.5. The van der Waals surface area contributed by atoms with Crippen LogP contribution in [-0.4, -0.2) is 55.7 Å². The lowest BCUT2D eigenvalue weighted by Crippen LogP contribution is -2.18. The quantitative estimate of drug-likeness (QED) is 0.0837. The van der Waals surface area contributed by atoms with Crippen molar-refractivity contribution in [1.82, 2.24) is 9.47 Å². The Kier molecular flexibility index (Phi) is 11.4. The lowest BCUT2D eigenvalue weighted by atomic mass is 10.0. The number of anilines is 2. The molecule has 0 atom stereocenters. The third kappa shape index (κ3) is 7.22. The molecule has 1 heterocycles. The SMILES string of the molecule is CCOC(=O)c1c(CCCOc2cccc3ccccc23)c2cccc(N(CC)c3ccccc3)c2n1CC.CN(C)C=O. The zero-order valence-corrected chi connectivity index (χ0v) is 26.5. The molecule has 0 unspecified atom stereocenters. The number of benzene rings is 4. The Balaban J connectivity index is 0.000000818. The number of carbonyl (C=O) groups is 2. The van der Waals surface area contributed by atoms with Crippen LogP contribution in [0.3, 0.4) is 0 Å². The Hall–Kier alpha value is -4.78. The summed E-state index contributed by atoms with van der Waals surface area (Å²) in [5.41, 5.74) is 4.96. The van der Waals surface area contributed by atoms with Crippen molar-refractivity contribution in [1.29, 1.82) is 0 Å². The van der Waals surface area contributed by atoms with Crippen molar-refractivity contribution >= 4 is 45.4 Å². The van der Waals surface area contributed by atoms with Gasteiger partial charge in [0.1, 0.15) is 11.4 Å². The third-order valence-corrected chi connectivity index (χ3v) is 7.41. The summed E-state index contributed by atoms with van der Waals surface area (Å²) in [5.74, 6) is 0.618. The van der Waals surface area contributed by atoms with Gasteiger partial charge in [0.05, 0.1) is 24.4 Å². The van der Waals surface area contributed by atoms with Crippen molar-refractivity contribution in [3.05, 3.63) is 102 Å². The van der Waals surface area contributed by atoms with E-state index < -0.39 is 0 Å². The molecule has 1 amide bonds. The highest BCUT2D eigenvalue weighted by Gasteiger charge is 2.26. The average molecular weight is 594 g/mol. The van der Waals surface area contributed by atoms with E-state index in [1.54, 1.807) is 14.1 Å². The number of amides is 1. The predicted octanol–water partition coefficient (Wildman–Crippen LogP) is 7.87. The first-order chi connectivity index (χ1) is 21.4. The summed E-state index contributed by atoms with van der Waals surface area (Å²) in [6, 6.07) is 31.2. The van der Waals surface area contributed by atoms with Gasteiger partial charge < -0.3 is 23.8 Å². The molecular formula is C37H43N3O4. The number of aromatic nitrogens is 1. The summed E-state index contributed by atoms with van der Waals surface area (Å²) in [5, 5.41) is 3.37. The number of ether oxygens (including phenoxy) is 2.